The first-order chi connectivity index (χ1) is 9.60. The van der Waals surface area contributed by atoms with E-state index in [1.54, 1.807) is 17.1 Å². The molecule has 21 heavy (non-hydrogen) atoms. The number of aromatic nitrogens is 2. The van der Waals surface area contributed by atoms with Crippen LogP contribution in [-0.2, 0) is 15.9 Å². The van der Waals surface area contributed by atoms with E-state index in [4.69, 9.17) is 9.31 Å². The Hall–Kier alpha value is -1.40. The Kier molecular flexibility index (Phi) is 4.13. The standard InChI is InChI=1S/C15H22BFN2O2/c1-11(2)9-19-10-12(8-18-19)7-13(17)16-20-14(3,4)15(5,6)21-16/h7-8,10H,1,9H2,2-6H3. The predicted molar refractivity (Wildman–Crippen MR) is 82.2 cm³/mol. The van der Waals surface area contributed by atoms with Crippen LogP contribution in [0, 0.1) is 0 Å². The first kappa shape index (κ1) is 16.0. The summed E-state index contributed by atoms with van der Waals surface area (Å²) in [7, 11) is -0.973. The van der Waals surface area contributed by atoms with Crippen LogP contribution in [-0.4, -0.2) is 28.1 Å². The fourth-order valence-corrected chi connectivity index (χ4v) is 2.00. The summed E-state index contributed by atoms with van der Waals surface area (Å²) < 4.78 is 27.3. The Morgan fingerprint density at radius 2 is 1.95 bits per heavy atom. The summed E-state index contributed by atoms with van der Waals surface area (Å²) in [6.45, 7) is 13.9. The van der Waals surface area contributed by atoms with Crippen LogP contribution in [0.25, 0.3) is 6.08 Å². The largest absolute Gasteiger partial charge is 0.525 e. The highest BCUT2D eigenvalue weighted by Gasteiger charge is 2.53. The molecule has 0 atom stereocenters. The van der Waals surface area contributed by atoms with Crippen LogP contribution in [0.1, 0.15) is 40.2 Å². The topological polar surface area (TPSA) is 36.3 Å². The molecule has 0 spiro atoms. The molecule has 4 nitrogen and oxygen atoms in total. The maximum atomic E-state index is 14.3. The third kappa shape index (κ3) is 3.44. The molecule has 1 aliphatic heterocycles. The Labute approximate surface area is 125 Å². The molecule has 0 bridgehead atoms. The van der Waals surface area contributed by atoms with E-state index in [1.807, 2.05) is 34.6 Å². The van der Waals surface area contributed by atoms with Crippen molar-refractivity contribution in [1.82, 2.24) is 9.78 Å². The van der Waals surface area contributed by atoms with Crippen LogP contribution in [0.4, 0.5) is 4.39 Å². The van der Waals surface area contributed by atoms with Crippen LogP contribution >= 0.6 is 0 Å². The van der Waals surface area contributed by atoms with E-state index in [2.05, 4.69) is 11.7 Å². The van der Waals surface area contributed by atoms with E-state index in [1.165, 1.54) is 6.08 Å². The van der Waals surface area contributed by atoms with Crippen molar-refractivity contribution >= 4 is 13.2 Å². The van der Waals surface area contributed by atoms with Gasteiger partial charge in [-0.1, -0.05) is 12.2 Å². The number of hydrogen-bond donors (Lipinski definition) is 0. The number of nitrogens with zero attached hydrogens (tertiary/aromatic N) is 2. The molecule has 2 rings (SSSR count). The van der Waals surface area contributed by atoms with E-state index >= 15 is 0 Å². The molecule has 1 fully saturated rings. The maximum absolute atomic E-state index is 14.3. The number of allylic oxidation sites excluding steroid dienone is 1. The van der Waals surface area contributed by atoms with Gasteiger partial charge in [-0.15, -0.1) is 0 Å². The first-order valence-corrected chi connectivity index (χ1v) is 7.00. The molecule has 0 saturated carbocycles. The van der Waals surface area contributed by atoms with E-state index in [-0.39, 0.29) is 0 Å². The lowest BCUT2D eigenvalue weighted by molar-refractivity contribution is 0.00578. The Bertz CT molecular complexity index is 562. The van der Waals surface area contributed by atoms with Gasteiger partial charge >= 0.3 is 7.12 Å². The first-order valence-electron chi connectivity index (χ1n) is 7.00. The lowest BCUT2D eigenvalue weighted by Crippen LogP contribution is -2.41. The van der Waals surface area contributed by atoms with E-state index in [0.29, 0.717) is 12.1 Å². The van der Waals surface area contributed by atoms with Gasteiger partial charge in [-0.2, -0.15) is 5.10 Å². The molecule has 1 aromatic rings. The number of rotatable bonds is 4. The molecule has 1 saturated heterocycles. The second-order valence-electron chi connectivity index (χ2n) is 6.55. The second-order valence-corrected chi connectivity index (χ2v) is 6.55. The monoisotopic (exact) mass is 292 g/mol. The lowest BCUT2D eigenvalue weighted by Gasteiger charge is -2.32. The van der Waals surface area contributed by atoms with Gasteiger partial charge in [-0.25, -0.2) is 4.39 Å². The predicted octanol–water partition coefficient (Wildman–Crippen LogP) is 3.40. The minimum Gasteiger partial charge on any atom is -0.398 e. The van der Waals surface area contributed by atoms with Gasteiger partial charge in [-0.3, -0.25) is 4.68 Å². The zero-order valence-electron chi connectivity index (χ0n) is 13.3. The van der Waals surface area contributed by atoms with Crippen LogP contribution in [0.3, 0.4) is 0 Å². The van der Waals surface area contributed by atoms with Crippen molar-refractivity contribution in [3.63, 3.8) is 0 Å². The van der Waals surface area contributed by atoms with Gasteiger partial charge in [0.25, 0.3) is 0 Å². The van der Waals surface area contributed by atoms with Crippen molar-refractivity contribution in [1.29, 1.82) is 0 Å². The summed E-state index contributed by atoms with van der Waals surface area (Å²) in [5.41, 5.74) is 0.104. The summed E-state index contributed by atoms with van der Waals surface area (Å²) in [4.78, 5) is 0. The Morgan fingerprint density at radius 1 is 1.38 bits per heavy atom. The molecule has 6 heteroatoms. The molecular formula is C15H22BFN2O2. The molecule has 0 aromatic carbocycles. The summed E-state index contributed by atoms with van der Waals surface area (Å²) in [5.74, 6) is 0. The molecule has 0 unspecified atom stereocenters. The molecule has 1 aromatic heterocycles. The minimum absolute atomic E-state index is 0.455. The average Bonchev–Trinajstić information content (AvgIpc) is 2.81. The minimum atomic E-state index is -0.973. The van der Waals surface area contributed by atoms with Crippen LogP contribution in [0.15, 0.2) is 30.3 Å². The lowest BCUT2D eigenvalue weighted by atomic mass is 9.87. The average molecular weight is 292 g/mol. The maximum Gasteiger partial charge on any atom is 0.525 e. The molecule has 0 aliphatic carbocycles. The van der Waals surface area contributed by atoms with Crippen molar-refractivity contribution in [2.45, 2.75) is 52.4 Å². The SMILES string of the molecule is C=C(C)Cn1cc(C=C(F)B2OC(C)(C)C(C)(C)O2)cn1. The molecule has 2 heterocycles. The van der Waals surface area contributed by atoms with Gasteiger partial charge in [0, 0.05) is 11.8 Å². The van der Waals surface area contributed by atoms with Crippen molar-refractivity contribution in [3.05, 3.63) is 35.8 Å². The molecule has 0 radical (unpaired) electrons. The quantitative estimate of drug-likeness (QED) is 0.630. The van der Waals surface area contributed by atoms with E-state index < -0.39 is 24.0 Å². The smallest absolute Gasteiger partial charge is 0.398 e. The number of halogens is 1. The molecule has 1 aliphatic rings. The highest BCUT2D eigenvalue weighted by molar-refractivity contribution is 6.54. The summed E-state index contributed by atoms with van der Waals surface area (Å²) in [6.07, 6.45) is 4.76. The summed E-state index contributed by atoms with van der Waals surface area (Å²) in [6, 6.07) is 0. The second kappa shape index (κ2) is 5.42. The molecular weight excluding hydrogens is 270 g/mol. The zero-order chi connectivity index (χ0) is 15.8. The number of hydrogen-bond acceptors (Lipinski definition) is 3. The Balaban J connectivity index is 2.12. The van der Waals surface area contributed by atoms with Crippen LogP contribution in [0.2, 0.25) is 0 Å². The normalized spacial score (nSPS) is 20.9. The summed E-state index contributed by atoms with van der Waals surface area (Å²) >= 11 is 0. The van der Waals surface area contributed by atoms with E-state index in [0.717, 1.165) is 5.57 Å². The van der Waals surface area contributed by atoms with Gasteiger partial charge in [0.15, 0.2) is 0 Å². The van der Waals surface area contributed by atoms with Gasteiger partial charge in [0.2, 0.25) is 0 Å². The van der Waals surface area contributed by atoms with Crippen LogP contribution < -0.4 is 0 Å². The van der Waals surface area contributed by atoms with Gasteiger partial charge in [-0.05, 0) is 40.7 Å². The highest BCUT2D eigenvalue weighted by atomic mass is 19.1. The fourth-order valence-electron chi connectivity index (χ4n) is 2.00. The molecule has 114 valence electrons. The zero-order valence-corrected chi connectivity index (χ0v) is 13.3. The van der Waals surface area contributed by atoms with Gasteiger partial charge in [0.1, 0.15) is 5.73 Å². The van der Waals surface area contributed by atoms with Gasteiger partial charge < -0.3 is 9.31 Å². The van der Waals surface area contributed by atoms with Crippen molar-refractivity contribution in [2.24, 2.45) is 0 Å². The van der Waals surface area contributed by atoms with Crippen molar-refractivity contribution < 1.29 is 13.7 Å². The molecule has 0 amide bonds. The third-order valence-corrected chi connectivity index (χ3v) is 3.87. The van der Waals surface area contributed by atoms with Crippen molar-refractivity contribution in [2.75, 3.05) is 0 Å². The molecule has 0 N–H and O–H groups in total. The Morgan fingerprint density at radius 3 is 2.48 bits per heavy atom. The van der Waals surface area contributed by atoms with Gasteiger partial charge in [0.05, 0.1) is 23.9 Å². The highest BCUT2D eigenvalue weighted by Crippen LogP contribution is 2.39. The third-order valence-electron chi connectivity index (χ3n) is 3.87. The summed E-state index contributed by atoms with van der Waals surface area (Å²) in [5, 5.41) is 4.16. The van der Waals surface area contributed by atoms with Crippen molar-refractivity contribution in [3.8, 4) is 0 Å². The fraction of sp³-hybridized carbons (Fsp3) is 0.533. The van der Waals surface area contributed by atoms with Crippen LogP contribution in [0.5, 0.6) is 0 Å². The van der Waals surface area contributed by atoms with E-state index in [9.17, 15) is 4.39 Å².